The minimum atomic E-state index is -3.09. The number of nitriles is 1. The highest BCUT2D eigenvalue weighted by Crippen LogP contribution is 2.39. The lowest BCUT2D eigenvalue weighted by atomic mass is 9.95. The molecule has 13 heteroatoms. The Hall–Kier alpha value is -5.35. The van der Waals surface area contributed by atoms with Crippen LogP contribution in [0.1, 0.15) is 29.8 Å². The Morgan fingerprint density at radius 1 is 1.18 bits per heavy atom. The molecular weight excluding hydrogens is 570 g/mol. The van der Waals surface area contributed by atoms with E-state index < -0.39 is 17.9 Å². The van der Waals surface area contributed by atoms with Gasteiger partial charge in [-0.3, -0.25) is 9.48 Å². The zero-order chi connectivity index (χ0) is 31.4. The molecule has 3 heterocycles. The number of amides is 1. The largest absolute Gasteiger partial charge is 0.457 e. The fourth-order valence-corrected chi connectivity index (χ4v) is 4.83. The van der Waals surface area contributed by atoms with Gasteiger partial charge in [-0.1, -0.05) is 12.1 Å². The smallest absolute Gasteiger partial charge is 0.387 e. The number of halogens is 2. The minimum absolute atomic E-state index is 0.144. The van der Waals surface area contributed by atoms with Gasteiger partial charge in [-0.05, 0) is 62.9 Å². The molecule has 44 heavy (non-hydrogen) atoms. The number of ether oxygens (including phenoxy) is 2. The summed E-state index contributed by atoms with van der Waals surface area (Å²) in [5.41, 5.74) is 1.70. The van der Waals surface area contributed by atoms with Gasteiger partial charge in [0.2, 0.25) is 0 Å². The Kier molecular flexibility index (Phi) is 8.54. The molecule has 0 saturated heterocycles. The van der Waals surface area contributed by atoms with Crippen molar-refractivity contribution in [2.75, 3.05) is 18.9 Å². The first-order valence-corrected chi connectivity index (χ1v) is 13.6. The molecule has 5 rings (SSSR count). The van der Waals surface area contributed by atoms with E-state index in [1.165, 1.54) is 33.6 Å². The third-order valence-electron chi connectivity index (χ3n) is 6.58. The van der Waals surface area contributed by atoms with Crippen molar-refractivity contribution >= 4 is 17.2 Å². The molecule has 226 valence electrons. The minimum Gasteiger partial charge on any atom is -0.457 e. The SMILES string of the molecule is CN(Cc1cccc(Oc2ccc(OC(F)F)c(-c3nn(C)cc3NC(=O)c3cnn4cccnc34)c2)c1)CC(C)(C)C#N. The van der Waals surface area contributed by atoms with Gasteiger partial charge in [0.15, 0.2) is 5.65 Å². The standard InChI is InChI=1S/C31H30F2N8O3/c1-31(2,18-34)19-39(3)16-20-7-5-8-21(13-20)43-22-9-10-26(44-30(32)33)23(14-22)27-25(17-40(4)38-27)37-29(42)24-15-36-41-12-6-11-35-28(24)41/h5-15,17,30H,16,19H2,1-4H3,(H,37,42). The van der Waals surface area contributed by atoms with Crippen molar-refractivity contribution in [3.63, 3.8) is 0 Å². The number of nitrogens with one attached hydrogen (secondary N) is 1. The topological polar surface area (TPSA) is 123 Å². The van der Waals surface area contributed by atoms with Gasteiger partial charge in [-0.25, -0.2) is 9.50 Å². The molecule has 2 aromatic carbocycles. The van der Waals surface area contributed by atoms with Crippen molar-refractivity contribution in [3.8, 4) is 34.6 Å². The average Bonchev–Trinajstić information content (AvgIpc) is 3.56. The van der Waals surface area contributed by atoms with Crippen molar-refractivity contribution < 1.29 is 23.0 Å². The van der Waals surface area contributed by atoms with E-state index in [4.69, 9.17) is 9.47 Å². The van der Waals surface area contributed by atoms with Crippen LogP contribution in [0.25, 0.3) is 16.9 Å². The highest BCUT2D eigenvalue weighted by Gasteiger charge is 2.23. The number of hydrogen-bond donors (Lipinski definition) is 1. The number of anilines is 1. The van der Waals surface area contributed by atoms with Crippen molar-refractivity contribution in [1.29, 1.82) is 5.26 Å². The van der Waals surface area contributed by atoms with Gasteiger partial charge in [-0.2, -0.15) is 24.2 Å². The van der Waals surface area contributed by atoms with Gasteiger partial charge in [-0.15, -0.1) is 0 Å². The maximum Gasteiger partial charge on any atom is 0.387 e. The molecule has 0 aliphatic heterocycles. The Bertz CT molecular complexity index is 1840. The molecule has 0 fully saturated rings. The van der Waals surface area contributed by atoms with Crippen LogP contribution < -0.4 is 14.8 Å². The number of hydrogen-bond acceptors (Lipinski definition) is 8. The molecule has 0 radical (unpaired) electrons. The van der Waals surface area contributed by atoms with Crippen LogP contribution in [0.2, 0.25) is 0 Å². The van der Waals surface area contributed by atoms with E-state index >= 15 is 0 Å². The molecule has 11 nitrogen and oxygen atoms in total. The van der Waals surface area contributed by atoms with Gasteiger partial charge >= 0.3 is 6.61 Å². The van der Waals surface area contributed by atoms with Crippen LogP contribution in [-0.2, 0) is 13.6 Å². The molecule has 5 aromatic rings. The summed E-state index contributed by atoms with van der Waals surface area (Å²) in [4.78, 5) is 19.5. The van der Waals surface area contributed by atoms with Crippen LogP contribution in [0.3, 0.4) is 0 Å². The molecule has 0 atom stereocenters. The molecule has 0 unspecified atom stereocenters. The predicted octanol–water partition coefficient (Wildman–Crippen LogP) is 5.76. The van der Waals surface area contributed by atoms with Gasteiger partial charge in [0, 0.05) is 38.7 Å². The Balaban J connectivity index is 1.42. The molecule has 1 amide bonds. The fraction of sp³-hybridized carbons (Fsp3) is 0.258. The van der Waals surface area contributed by atoms with Gasteiger partial charge < -0.3 is 19.7 Å². The second-order valence-corrected chi connectivity index (χ2v) is 10.9. The van der Waals surface area contributed by atoms with Crippen molar-refractivity contribution in [3.05, 3.63) is 84.4 Å². The summed E-state index contributed by atoms with van der Waals surface area (Å²) in [6.45, 7) is 1.86. The quantitative estimate of drug-likeness (QED) is 0.203. The first-order valence-electron chi connectivity index (χ1n) is 13.6. The zero-order valence-corrected chi connectivity index (χ0v) is 24.5. The molecule has 0 aliphatic rings. The zero-order valence-electron chi connectivity index (χ0n) is 24.5. The van der Waals surface area contributed by atoms with E-state index in [1.54, 1.807) is 37.8 Å². The van der Waals surface area contributed by atoms with E-state index in [0.717, 1.165) is 5.56 Å². The summed E-state index contributed by atoms with van der Waals surface area (Å²) < 4.78 is 40.7. The number of benzene rings is 2. The average molecular weight is 601 g/mol. The number of carbonyl (C=O) groups is 1. The Labute approximate surface area is 252 Å². The van der Waals surface area contributed by atoms with E-state index in [-0.39, 0.29) is 28.3 Å². The van der Waals surface area contributed by atoms with Crippen LogP contribution in [0.4, 0.5) is 14.5 Å². The summed E-state index contributed by atoms with van der Waals surface area (Å²) in [7, 11) is 3.58. The van der Waals surface area contributed by atoms with E-state index in [0.29, 0.717) is 30.2 Å². The number of fused-ring (bicyclic) bond motifs is 1. The summed E-state index contributed by atoms with van der Waals surface area (Å²) in [5.74, 6) is 0.220. The lowest BCUT2D eigenvalue weighted by Gasteiger charge is -2.24. The number of carbonyl (C=O) groups excluding carboxylic acids is 1. The second kappa shape index (κ2) is 12.5. The molecule has 0 spiro atoms. The maximum atomic E-state index is 13.4. The van der Waals surface area contributed by atoms with Crippen LogP contribution in [0.5, 0.6) is 17.2 Å². The third-order valence-corrected chi connectivity index (χ3v) is 6.58. The van der Waals surface area contributed by atoms with Crippen molar-refractivity contribution in [2.45, 2.75) is 27.0 Å². The number of rotatable bonds is 11. The van der Waals surface area contributed by atoms with Gasteiger partial charge in [0.25, 0.3) is 5.91 Å². The van der Waals surface area contributed by atoms with Gasteiger partial charge in [0.05, 0.1) is 28.9 Å². The van der Waals surface area contributed by atoms with Crippen LogP contribution in [0, 0.1) is 16.7 Å². The lowest BCUT2D eigenvalue weighted by Crippen LogP contribution is -2.29. The molecule has 3 aromatic heterocycles. The van der Waals surface area contributed by atoms with Crippen LogP contribution >= 0.6 is 0 Å². The maximum absolute atomic E-state index is 13.4. The Morgan fingerprint density at radius 2 is 1.98 bits per heavy atom. The monoisotopic (exact) mass is 600 g/mol. The van der Waals surface area contributed by atoms with Crippen molar-refractivity contribution in [2.24, 2.45) is 12.5 Å². The summed E-state index contributed by atoms with van der Waals surface area (Å²) in [6, 6.07) is 15.9. The highest BCUT2D eigenvalue weighted by molar-refractivity contribution is 6.09. The van der Waals surface area contributed by atoms with Gasteiger partial charge in [0.1, 0.15) is 28.5 Å². The fourth-order valence-electron chi connectivity index (χ4n) is 4.83. The second-order valence-electron chi connectivity index (χ2n) is 10.9. The van der Waals surface area contributed by atoms with E-state index in [2.05, 4.69) is 31.5 Å². The normalized spacial score (nSPS) is 11.6. The van der Waals surface area contributed by atoms with Crippen LogP contribution in [-0.4, -0.2) is 55.4 Å². The first-order chi connectivity index (χ1) is 21.0. The lowest BCUT2D eigenvalue weighted by molar-refractivity contribution is -0.0494. The highest BCUT2D eigenvalue weighted by atomic mass is 19.3. The van der Waals surface area contributed by atoms with E-state index in [1.807, 2.05) is 39.1 Å². The molecule has 1 N–H and O–H groups in total. The number of nitrogens with zero attached hydrogens (tertiary/aromatic N) is 7. The number of aryl methyl sites for hydroxylation is 1. The molecular formula is C31H30F2N8O3. The van der Waals surface area contributed by atoms with Crippen molar-refractivity contribution in [1.82, 2.24) is 29.3 Å². The first kappa shape index (κ1) is 30.1. The predicted molar refractivity (Wildman–Crippen MR) is 158 cm³/mol. The molecule has 0 bridgehead atoms. The number of aromatic nitrogens is 5. The third kappa shape index (κ3) is 6.99. The molecule has 0 aliphatic carbocycles. The summed E-state index contributed by atoms with van der Waals surface area (Å²) in [6.07, 6.45) is 6.16. The number of alkyl halides is 2. The van der Waals surface area contributed by atoms with E-state index in [9.17, 15) is 18.8 Å². The van der Waals surface area contributed by atoms with Crippen LogP contribution in [0.15, 0.2) is 73.3 Å². The summed E-state index contributed by atoms with van der Waals surface area (Å²) in [5, 5.41) is 20.7. The summed E-state index contributed by atoms with van der Waals surface area (Å²) >= 11 is 0. The Morgan fingerprint density at radius 3 is 2.75 bits per heavy atom. The molecule has 0 saturated carbocycles.